The van der Waals surface area contributed by atoms with Crippen LogP contribution in [0.5, 0.6) is 0 Å². The molecule has 1 saturated heterocycles. The molecule has 1 fully saturated rings. The fraction of sp³-hybridized carbons (Fsp3) is 0.375. The first-order valence-corrected chi connectivity index (χ1v) is 8.95. The minimum absolute atomic E-state index is 0.114. The molecular weight excluding hydrogens is 358 g/mol. The van der Waals surface area contributed by atoms with Crippen LogP contribution in [0.2, 0.25) is 0 Å². The highest BCUT2D eigenvalue weighted by Crippen LogP contribution is 2.26. The quantitative estimate of drug-likeness (QED) is 0.382. The lowest BCUT2D eigenvalue weighted by atomic mass is 10.00. The van der Waals surface area contributed by atoms with E-state index in [1.807, 2.05) is 0 Å². The number of hydrazine groups is 1. The van der Waals surface area contributed by atoms with Crippen LogP contribution >= 0.6 is 11.8 Å². The zero-order chi connectivity index (χ0) is 19.3. The van der Waals surface area contributed by atoms with Crippen LogP contribution < -0.4 is 21.8 Å². The summed E-state index contributed by atoms with van der Waals surface area (Å²) in [6.45, 7) is 3.21. The molecule has 2 rings (SSSR count). The molecule has 1 aliphatic heterocycles. The van der Waals surface area contributed by atoms with E-state index < -0.39 is 29.3 Å². The summed E-state index contributed by atoms with van der Waals surface area (Å²) in [5, 5.41) is 6.17. The molecule has 1 aliphatic rings. The molecule has 26 heavy (non-hydrogen) atoms. The van der Waals surface area contributed by atoms with E-state index in [-0.39, 0.29) is 12.3 Å². The second-order valence-electron chi connectivity index (χ2n) is 5.90. The van der Waals surface area contributed by atoms with Crippen LogP contribution in [0.4, 0.5) is 10.5 Å². The van der Waals surface area contributed by atoms with Gasteiger partial charge in [0.1, 0.15) is 5.54 Å². The van der Waals surface area contributed by atoms with Crippen molar-refractivity contribution in [3.8, 4) is 0 Å². The SMILES string of the molecule is CCC1(C)NC(=O)N(NC(=O)CNc2ccccc2SCC(N)=O)C1=O. The first-order chi connectivity index (χ1) is 12.3. The van der Waals surface area contributed by atoms with E-state index in [1.165, 1.54) is 11.8 Å². The summed E-state index contributed by atoms with van der Waals surface area (Å²) in [7, 11) is 0. The Morgan fingerprint density at radius 1 is 1.31 bits per heavy atom. The van der Waals surface area contributed by atoms with Crippen molar-refractivity contribution in [1.29, 1.82) is 0 Å². The number of imide groups is 1. The number of carbonyl (C=O) groups is 4. The third kappa shape index (κ3) is 4.45. The Balaban J connectivity index is 1.95. The molecule has 140 valence electrons. The van der Waals surface area contributed by atoms with Gasteiger partial charge in [0.15, 0.2) is 0 Å². The first-order valence-electron chi connectivity index (χ1n) is 7.97. The van der Waals surface area contributed by atoms with Crippen molar-refractivity contribution in [2.45, 2.75) is 30.7 Å². The van der Waals surface area contributed by atoms with Crippen molar-refractivity contribution in [2.75, 3.05) is 17.6 Å². The number of amides is 5. The van der Waals surface area contributed by atoms with E-state index in [9.17, 15) is 19.2 Å². The number of nitrogens with zero attached hydrogens (tertiary/aromatic N) is 1. The zero-order valence-electron chi connectivity index (χ0n) is 14.5. The third-order valence-corrected chi connectivity index (χ3v) is 5.00. The molecule has 5 amide bonds. The highest BCUT2D eigenvalue weighted by molar-refractivity contribution is 8.00. The maximum atomic E-state index is 12.2. The molecule has 0 aliphatic carbocycles. The molecule has 0 spiro atoms. The van der Waals surface area contributed by atoms with Gasteiger partial charge < -0.3 is 16.4 Å². The summed E-state index contributed by atoms with van der Waals surface area (Å²) in [6.07, 6.45) is 0.409. The molecule has 1 unspecified atom stereocenters. The zero-order valence-corrected chi connectivity index (χ0v) is 15.3. The molecule has 9 nitrogen and oxygen atoms in total. The number of hydrogen-bond acceptors (Lipinski definition) is 6. The fourth-order valence-corrected chi connectivity index (χ4v) is 3.02. The highest BCUT2D eigenvalue weighted by Gasteiger charge is 2.47. The van der Waals surface area contributed by atoms with Gasteiger partial charge in [0, 0.05) is 10.6 Å². The fourth-order valence-electron chi connectivity index (χ4n) is 2.25. The first kappa shape index (κ1) is 19.6. The van der Waals surface area contributed by atoms with Crippen molar-refractivity contribution in [3.05, 3.63) is 24.3 Å². The van der Waals surface area contributed by atoms with E-state index in [4.69, 9.17) is 5.73 Å². The van der Waals surface area contributed by atoms with Crippen molar-refractivity contribution in [3.63, 3.8) is 0 Å². The molecule has 0 bridgehead atoms. The lowest BCUT2D eigenvalue weighted by Crippen LogP contribution is -2.50. The molecule has 1 atom stereocenters. The number of carbonyl (C=O) groups excluding carboxylic acids is 4. The largest absolute Gasteiger partial charge is 0.375 e. The van der Waals surface area contributed by atoms with Crippen LogP contribution in [0.1, 0.15) is 20.3 Å². The van der Waals surface area contributed by atoms with Crippen LogP contribution in [0.15, 0.2) is 29.2 Å². The molecule has 0 aromatic heterocycles. The van der Waals surface area contributed by atoms with Crippen LogP contribution in [-0.4, -0.2) is 46.6 Å². The van der Waals surface area contributed by atoms with E-state index in [2.05, 4.69) is 16.1 Å². The minimum Gasteiger partial charge on any atom is -0.375 e. The van der Waals surface area contributed by atoms with E-state index >= 15 is 0 Å². The average molecular weight is 379 g/mol. The summed E-state index contributed by atoms with van der Waals surface area (Å²) in [5.41, 5.74) is 7.07. The number of thioether (sulfide) groups is 1. The maximum Gasteiger partial charge on any atom is 0.344 e. The van der Waals surface area contributed by atoms with Gasteiger partial charge in [-0.15, -0.1) is 11.8 Å². The molecule has 0 radical (unpaired) electrons. The molecule has 10 heteroatoms. The van der Waals surface area contributed by atoms with E-state index in [1.54, 1.807) is 38.1 Å². The number of rotatable bonds is 8. The number of benzene rings is 1. The standard InChI is InChI=1S/C16H21N5O4S/c1-3-16(2)14(24)21(15(25)19-16)20-13(23)8-18-10-6-4-5-7-11(10)26-9-12(17)22/h4-7,18H,3,8-9H2,1-2H3,(H2,17,22)(H,19,25)(H,20,23). The Bertz CT molecular complexity index is 741. The smallest absolute Gasteiger partial charge is 0.344 e. The van der Waals surface area contributed by atoms with Gasteiger partial charge in [-0.1, -0.05) is 19.1 Å². The van der Waals surface area contributed by atoms with Gasteiger partial charge in [-0.2, -0.15) is 5.01 Å². The summed E-state index contributed by atoms with van der Waals surface area (Å²) < 4.78 is 0. The second kappa shape index (κ2) is 8.09. The Kier molecular flexibility index (Phi) is 6.09. The van der Waals surface area contributed by atoms with Crippen LogP contribution in [0.25, 0.3) is 0 Å². The van der Waals surface area contributed by atoms with Gasteiger partial charge >= 0.3 is 6.03 Å². The van der Waals surface area contributed by atoms with E-state index in [0.29, 0.717) is 17.1 Å². The predicted octanol–water partition coefficient (Wildman–Crippen LogP) is 0.428. The number of anilines is 1. The van der Waals surface area contributed by atoms with Crippen molar-refractivity contribution in [2.24, 2.45) is 5.73 Å². The minimum atomic E-state index is -1.02. The highest BCUT2D eigenvalue weighted by atomic mass is 32.2. The molecule has 1 aromatic carbocycles. The Morgan fingerprint density at radius 2 is 2.00 bits per heavy atom. The monoisotopic (exact) mass is 379 g/mol. The summed E-state index contributed by atoms with van der Waals surface area (Å²) in [5.74, 6) is -1.39. The Morgan fingerprint density at radius 3 is 2.62 bits per heavy atom. The van der Waals surface area contributed by atoms with Crippen LogP contribution in [0.3, 0.4) is 0 Å². The Labute approximate surface area is 155 Å². The molecule has 0 saturated carbocycles. The van der Waals surface area contributed by atoms with E-state index in [0.717, 1.165) is 4.90 Å². The summed E-state index contributed by atoms with van der Waals surface area (Å²) in [6, 6.07) is 6.45. The molecule has 1 aromatic rings. The summed E-state index contributed by atoms with van der Waals surface area (Å²) >= 11 is 1.25. The molecular formula is C16H21N5O4S. The number of nitrogens with two attached hydrogens (primary N) is 1. The molecule has 5 N–H and O–H groups in total. The van der Waals surface area contributed by atoms with Crippen molar-refractivity contribution >= 4 is 41.2 Å². The van der Waals surface area contributed by atoms with Crippen LogP contribution in [0, 0.1) is 0 Å². The van der Waals surface area contributed by atoms with Gasteiger partial charge in [-0.25, -0.2) is 4.79 Å². The normalized spacial score (nSPS) is 19.2. The van der Waals surface area contributed by atoms with Crippen LogP contribution in [-0.2, 0) is 14.4 Å². The molecule has 1 heterocycles. The topological polar surface area (TPSA) is 134 Å². The van der Waals surface area contributed by atoms with Crippen molar-refractivity contribution in [1.82, 2.24) is 15.8 Å². The third-order valence-electron chi connectivity index (χ3n) is 3.90. The number of hydrogen-bond donors (Lipinski definition) is 4. The van der Waals surface area contributed by atoms with Gasteiger partial charge in [0.05, 0.1) is 12.3 Å². The second-order valence-corrected chi connectivity index (χ2v) is 6.91. The average Bonchev–Trinajstić information content (AvgIpc) is 2.82. The number of para-hydroxylation sites is 1. The predicted molar refractivity (Wildman–Crippen MR) is 97.1 cm³/mol. The van der Waals surface area contributed by atoms with Gasteiger partial charge in [-0.05, 0) is 25.5 Å². The van der Waals surface area contributed by atoms with Gasteiger partial charge in [-0.3, -0.25) is 19.8 Å². The number of primary amides is 1. The number of urea groups is 1. The maximum absolute atomic E-state index is 12.2. The van der Waals surface area contributed by atoms with Gasteiger partial charge in [0.2, 0.25) is 5.91 Å². The lowest BCUT2D eigenvalue weighted by molar-refractivity contribution is -0.138. The Hall–Kier alpha value is -2.75. The van der Waals surface area contributed by atoms with Gasteiger partial charge in [0.25, 0.3) is 11.8 Å². The lowest BCUT2D eigenvalue weighted by Gasteiger charge is -2.19. The number of nitrogens with one attached hydrogen (secondary N) is 3. The van der Waals surface area contributed by atoms with Crippen molar-refractivity contribution < 1.29 is 19.2 Å². The summed E-state index contributed by atoms with van der Waals surface area (Å²) in [4.78, 5) is 47.9.